The monoisotopic (exact) mass is 500 g/mol. The first-order valence-electron chi connectivity index (χ1n) is 10.1. The lowest BCUT2D eigenvalue weighted by molar-refractivity contribution is -0.138. The Morgan fingerprint density at radius 3 is 2.42 bits per heavy atom. The average Bonchev–Trinajstić information content (AvgIpc) is 2.72. The van der Waals surface area contributed by atoms with Crippen LogP contribution in [0.2, 0.25) is 15.1 Å². The van der Waals surface area contributed by atoms with E-state index in [9.17, 15) is 9.59 Å². The maximum atomic E-state index is 13.1. The van der Waals surface area contributed by atoms with Gasteiger partial charge in [0, 0.05) is 33.4 Å². The molecule has 31 heavy (non-hydrogen) atoms. The second-order valence-corrected chi connectivity index (χ2v) is 9.64. The van der Waals surface area contributed by atoms with Crippen LogP contribution in [0.1, 0.15) is 38.3 Å². The van der Waals surface area contributed by atoms with Crippen molar-refractivity contribution in [1.82, 2.24) is 10.2 Å². The van der Waals surface area contributed by atoms with E-state index in [-0.39, 0.29) is 30.2 Å². The molecular weight excluding hydrogens is 475 g/mol. The zero-order valence-corrected chi connectivity index (χ0v) is 20.9. The van der Waals surface area contributed by atoms with Crippen molar-refractivity contribution in [3.05, 3.63) is 68.7 Å². The third-order valence-corrected chi connectivity index (χ3v) is 6.72. The van der Waals surface area contributed by atoms with E-state index >= 15 is 0 Å². The molecule has 0 saturated heterocycles. The highest BCUT2D eigenvalue weighted by molar-refractivity contribution is 7.99. The number of amides is 2. The summed E-state index contributed by atoms with van der Waals surface area (Å²) in [6, 6.07) is 12.1. The number of rotatable bonds is 10. The second kappa shape index (κ2) is 12.6. The van der Waals surface area contributed by atoms with Gasteiger partial charge in [0.1, 0.15) is 6.04 Å². The largest absolute Gasteiger partial charge is 0.352 e. The van der Waals surface area contributed by atoms with Gasteiger partial charge in [-0.15, -0.1) is 11.8 Å². The molecular formula is C23H27Cl3N2O2S. The zero-order chi connectivity index (χ0) is 23.0. The van der Waals surface area contributed by atoms with Crippen LogP contribution in [0.15, 0.2) is 42.5 Å². The number of hydrogen-bond donors (Lipinski definition) is 1. The number of nitrogens with one attached hydrogen (secondary N) is 1. The summed E-state index contributed by atoms with van der Waals surface area (Å²) >= 11 is 19.8. The molecule has 0 spiro atoms. The number of benzene rings is 2. The fourth-order valence-electron chi connectivity index (χ4n) is 2.85. The van der Waals surface area contributed by atoms with Gasteiger partial charge in [0.25, 0.3) is 0 Å². The minimum atomic E-state index is -0.639. The molecule has 0 bridgehead atoms. The third kappa shape index (κ3) is 8.23. The Hall–Kier alpha value is -1.40. The van der Waals surface area contributed by atoms with Gasteiger partial charge in [0.05, 0.1) is 5.75 Å². The molecule has 2 atom stereocenters. The number of halogens is 3. The summed E-state index contributed by atoms with van der Waals surface area (Å²) < 4.78 is 0. The molecule has 2 amide bonds. The topological polar surface area (TPSA) is 49.4 Å². The highest BCUT2D eigenvalue weighted by atomic mass is 35.5. The van der Waals surface area contributed by atoms with Crippen LogP contribution in [-0.2, 0) is 21.9 Å². The van der Waals surface area contributed by atoms with Crippen LogP contribution in [0.3, 0.4) is 0 Å². The summed E-state index contributed by atoms with van der Waals surface area (Å²) in [5.74, 6) is 0.561. The fourth-order valence-corrected chi connectivity index (χ4v) is 4.39. The van der Waals surface area contributed by atoms with Crippen molar-refractivity contribution < 1.29 is 9.59 Å². The molecule has 4 nitrogen and oxygen atoms in total. The fraction of sp³-hybridized carbons (Fsp3) is 0.391. The molecule has 0 saturated carbocycles. The molecule has 0 aromatic heterocycles. The molecule has 1 N–H and O–H groups in total. The van der Waals surface area contributed by atoms with Gasteiger partial charge >= 0.3 is 0 Å². The van der Waals surface area contributed by atoms with Gasteiger partial charge < -0.3 is 10.2 Å². The summed E-state index contributed by atoms with van der Waals surface area (Å²) in [6.45, 7) is 5.90. The third-order valence-electron chi connectivity index (χ3n) is 4.91. The Balaban J connectivity index is 2.12. The van der Waals surface area contributed by atoms with Crippen molar-refractivity contribution in [1.29, 1.82) is 0 Å². The Bertz CT molecular complexity index is 910. The quantitative estimate of drug-likeness (QED) is 0.421. The molecule has 0 aliphatic carbocycles. The van der Waals surface area contributed by atoms with Crippen LogP contribution in [0, 0.1) is 0 Å². The summed E-state index contributed by atoms with van der Waals surface area (Å²) in [5.41, 5.74) is 1.78. The van der Waals surface area contributed by atoms with Crippen molar-refractivity contribution in [2.45, 2.75) is 51.6 Å². The Morgan fingerprint density at radius 2 is 1.77 bits per heavy atom. The summed E-state index contributed by atoms with van der Waals surface area (Å²) in [7, 11) is 0. The van der Waals surface area contributed by atoms with Crippen LogP contribution in [0.25, 0.3) is 0 Å². The van der Waals surface area contributed by atoms with Crippen molar-refractivity contribution in [3.8, 4) is 0 Å². The summed E-state index contributed by atoms with van der Waals surface area (Å²) in [4.78, 5) is 27.4. The van der Waals surface area contributed by atoms with Gasteiger partial charge in [-0.25, -0.2) is 0 Å². The standard InChI is InChI=1S/C23H27Cl3N2O2S/c1-4-15(2)27-23(30)16(3)28(12-18-8-9-20(25)11-21(18)26)22(29)14-31-13-17-6-5-7-19(24)10-17/h5-11,15-16H,4,12-14H2,1-3H3,(H,27,30). The van der Waals surface area contributed by atoms with Gasteiger partial charge in [-0.05, 0) is 55.7 Å². The number of hydrogen-bond acceptors (Lipinski definition) is 3. The van der Waals surface area contributed by atoms with E-state index in [2.05, 4.69) is 5.32 Å². The lowest BCUT2D eigenvalue weighted by Gasteiger charge is -2.30. The minimum absolute atomic E-state index is 0.0308. The van der Waals surface area contributed by atoms with Crippen molar-refractivity contribution in [2.75, 3.05) is 5.75 Å². The lowest BCUT2D eigenvalue weighted by Crippen LogP contribution is -2.50. The number of thioether (sulfide) groups is 1. The van der Waals surface area contributed by atoms with Crippen LogP contribution >= 0.6 is 46.6 Å². The SMILES string of the molecule is CCC(C)NC(=O)C(C)N(Cc1ccc(Cl)cc1Cl)C(=O)CSCc1cccc(Cl)c1. The van der Waals surface area contributed by atoms with Crippen LogP contribution in [0.4, 0.5) is 0 Å². The molecule has 2 unspecified atom stereocenters. The molecule has 0 radical (unpaired) electrons. The summed E-state index contributed by atoms with van der Waals surface area (Å²) in [5, 5.41) is 4.60. The lowest BCUT2D eigenvalue weighted by atomic mass is 10.1. The van der Waals surface area contributed by atoms with Gasteiger partial charge in [-0.2, -0.15) is 0 Å². The van der Waals surface area contributed by atoms with E-state index in [1.165, 1.54) is 11.8 Å². The number of carbonyl (C=O) groups excluding carboxylic acids is 2. The normalized spacial score (nSPS) is 12.8. The van der Waals surface area contributed by atoms with E-state index in [1.807, 2.05) is 38.1 Å². The van der Waals surface area contributed by atoms with E-state index in [4.69, 9.17) is 34.8 Å². The molecule has 0 fully saturated rings. The first kappa shape index (κ1) is 25.9. The maximum absolute atomic E-state index is 13.1. The Morgan fingerprint density at radius 1 is 1.06 bits per heavy atom. The van der Waals surface area contributed by atoms with Crippen LogP contribution in [-0.4, -0.2) is 34.6 Å². The van der Waals surface area contributed by atoms with E-state index < -0.39 is 6.04 Å². The van der Waals surface area contributed by atoms with Crippen molar-refractivity contribution in [2.24, 2.45) is 0 Å². The molecule has 2 aromatic carbocycles. The van der Waals surface area contributed by atoms with Crippen molar-refractivity contribution >= 4 is 58.4 Å². The molecule has 0 aliphatic rings. The smallest absolute Gasteiger partial charge is 0.242 e. The highest BCUT2D eigenvalue weighted by Crippen LogP contribution is 2.24. The molecule has 0 aliphatic heterocycles. The Kier molecular flexibility index (Phi) is 10.5. The van der Waals surface area contributed by atoms with Gasteiger partial charge in [-0.1, -0.05) is 59.9 Å². The van der Waals surface area contributed by atoms with Crippen LogP contribution < -0.4 is 5.32 Å². The maximum Gasteiger partial charge on any atom is 0.242 e. The average molecular weight is 502 g/mol. The van der Waals surface area contributed by atoms with E-state index in [1.54, 1.807) is 30.0 Å². The summed E-state index contributed by atoms with van der Waals surface area (Å²) in [6.07, 6.45) is 0.810. The molecule has 0 heterocycles. The molecule has 168 valence electrons. The minimum Gasteiger partial charge on any atom is -0.352 e. The first-order valence-corrected chi connectivity index (χ1v) is 12.4. The van der Waals surface area contributed by atoms with E-state index in [0.29, 0.717) is 20.8 Å². The predicted octanol–water partition coefficient (Wildman–Crippen LogP) is 6.21. The van der Waals surface area contributed by atoms with Gasteiger partial charge in [-0.3, -0.25) is 9.59 Å². The Labute approximate surface area is 203 Å². The van der Waals surface area contributed by atoms with Crippen LogP contribution in [0.5, 0.6) is 0 Å². The number of carbonyl (C=O) groups is 2. The zero-order valence-electron chi connectivity index (χ0n) is 17.8. The van der Waals surface area contributed by atoms with E-state index in [0.717, 1.165) is 17.5 Å². The molecule has 2 rings (SSSR count). The molecule has 2 aromatic rings. The number of nitrogens with zero attached hydrogens (tertiary/aromatic N) is 1. The second-order valence-electron chi connectivity index (χ2n) is 7.37. The molecule has 8 heteroatoms. The predicted molar refractivity (Wildman–Crippen MR) is 132 cm³/mol. The highest BCUT2D eigenvalue weighted by Gasteiger charge is 2.27. The van der Waals surface area contributed by atoms with Gasteiger partial charge in [0.2, 0.25) is 11.8 Å². The first-order chi connectivity index (χ1) is 14.7. The van der Waals surface area contributed by atoms with Gasteiger partial charge in [0.15, 0.2) is 0 Å². The van der Waals surface area contributed by atoms with Crippen molar-refractivity contribution in [3.63, 3.8) is 0 Å².